The predicted octanol–water partition coefficient (Wildman–Crippen LogP) is 1.55. The Kier molecular flexibility index (Phi) is 3.98. The van der Waals surface area contributed by atoms with Gasteiger partial charge in [0.15, 0.2) is 11.5 Å². The number of hydrogen-bond donors (Lipinski definition) is 2. The van der Waals surface area contributed by atoms with Crippen molar-refractivity contribution >= 4 is 11.0 Å². The number of fused-ring (bicyclic) bond motifs is 1. The van der Waals surface area contributed by atoms with E-state index in [4.69, 9.17) is 14.5 Å². The second-order valence-corrected chi connectivity index (χ2v) is 5.31. The molecule has 1 saturated heterocycles. The zero-order chi connectivity index (χ0) is 14.8. The number of H-pyrrole nitrogens is 1. The highest BCUT2D eigenvalue weighted by Crippen LogP contribution is 2.32. The Morgan fingerprint density at radius 1 is 1.14 bits per heavy atom. The number of nitrogens with zero attached hydrogens (tertiary/aromatic N) is 2. The lowest BCUT2D eigenvalue weighted by Gasteiger charge is -2.31. The van der Waals surface area contributed by atoms with Gasteiger partial charge < -0.3 is 19.8 Å². The predicted molar refractivity (Wildman–Crippen MR) is 82.1 cm³/mol. The smallest absolute Gasteiger partial charge is 0.163 e. The molecule has 3 rings (SSSR count). The van der Waals surface area contributed by atoms with Crippen LogP contribution in [-0.4, -0.2) is 55.3 Å². The molecule has 6 heteroatoms. The van der Waals surface area contributed by atoms with Gasteiger partial charge in [0.25, 0.3) is 0 Å². The molecule has 1 aromatic carbocycles. The summed E-state index contributed by atoms with van der Waals surface area (Å²) in [6.07, 6.45) is 0. The van der Waals surface area contributed by atoms with E-state index in [9.17, 15) is 0 Å². The van der Waals surface area contributed by atoms with E-state index in [2.05, 4.69) is 22.1 Å². The Labute approximate surface area is 124 Å². The van der Waals surface area contributed by atoms with Crippen LogP contribution in [0.25, 0.3) is 11.0 Å². The number of nitrogens with one attached hydrogen (secondary N) is 2. The van der Waals surface area contributed by atoms with Gasteiger partial charge in [-0.1, -0.05) is 0 Å². The molecule has 114 valence electrons. The number of benzene rings is 1. The first-order valence-electron chi connectivity index (χ1n) is 7.29. The van der Waals surface area contributed by atoms with E-state index in [1.54, 1.807) is 14.2 Å². The highest BCUT2D eigenvalue weighted by atomic mass is 16.5. The standard InChI is InChI=1S/C15H22N4O2/c1-10(19-6-4-16-5-7-19)15-17-11-8-13(20-2)14(21-3)9-12(11)18-15/h8-10,16H,4-7H2,1-3H3,(H,17,18). The van der Waals surface area contributed by atoms with Gasteiger partial charge in [0.05, 0.1) is 31.3 Å². The van der Waals surface area contributed by atoms with Crippen molar-refractivity contribution in [3.63, 3.8) is 0 Å². The third kappa shape index (κ3) is 2.69. The van der Waals surface area contributed by atoms with Gasteiger partial charge in [-0.15, -0.1) is 0 Å². The number of aromatic amines is 1. The molecule has 1 aliphatic heterocycles. The third-order valence-corrected chi connectivity index (χ3v) is 4.10. The molecule has 1 fully saturated rings. The number of hydrogen-bond acceptors (Lipinski definition) is 5. The molecule has 0 spiro atoms. The van der Waals surface area contributed by atoms with Gasteiger partial charge in [0, 0.05) is 38.3 Å². The van der Waals surface area contributed by atoms with E-state index in [1.165, 1.54) is 0 Å². The Hall–Kier alpha value is -1.79. The maximum atomic E-state index is 5.34. The van der Waals surface area contributed by atoms with Crippen molar-refractivity contribution in [1.82, 2.24) is 20.2 Å². The third-order valence-electron chi connectivity index (χ3n) is 4.10. The number of rotatable bonds is 4. The first-order chi connectivity index (χ1) is 10.2. The van der Waals surface area contributed by atoms with Gasteiger partial charge in [0.2, 0.25) is 0 Å². The summed E-state index contributed by atoms with van der Waals surface area (Å²) in [5, 5.41) is 3.37. The van der Waals surface area contributed by atoms with Crippen LogP contribution in [0.5, 0.6) is 11.5 Å². The fourth-order valence-electron chi connectivity index (χ4n) is 2.80. The zero-order valence-electron chi connectivity index (χ0n) is 12.8. The van der Waals surface area contributed by atoms with Crippen molar-refractivity contribution < 1.29 is 9.47 Å². The van der Waals surface area contributed by atoms with Crippen LogP contribution < -0.4 is 14.8 Å². The molecule has 0 aliphatic carbocycles. The maximum Gasteiger partial charge on any atom is 0.163 e. The molecule has 0 saturated carbocycles. The maximum absolute atomic E-state index is 5.34. The van der Waals surface area contributed by atoms with Crippen molar-refractivity contribution in [2.45, 2.75) is 13.0 Å². The lowest BCUT2D eigenvalue weighted by Crippen LogP contribution is -2.44. The van der Waals surface area contributed by atoms with Crippen LogP contribution in [-0.2, 0) is 0 Å². The van der Waals surface area contributed by atoms with Gasteiger partial charge >= 0.3 is 0 Å². The Bertz CT molecular complexity index is 578. The zero-order valence-corrected chi connectivity index (χ0v) is 12.8. The minimum Gasteiger partial charge on any atom is -0.493 e. The fourth-order valence-corrected chi connectivity index (χ4v) is 2.80. The summed E-state index contributed by atoms with van der Waals surface area (Å²) in [4.78, 5) is 10.6. The van der Waals surface area contributed by atoms with Crippen LogP contribution >= 0.6 is 0 Å². The van der Waals surface area contributed by atoms with Crippen LogP contribution in [0.3, 0.4) is 0 Å². The molecule has 21 heavy (non-hydrogen) atoms. The van der Waals surface area contributed by atoms with Gasteiger partial charge in [-0.05, 0) is 6.92 Å². The molecule has 2 aromatic rings. The minimum atomic E-state index is 0.275. The van der Waals surface area contributed by atoms with Gasteiger partial charge in [-0.2, -0.15) is 0 Å². The van der Waals surface area contributed by atoms with Crippen LogP contribution in [0.1, 0.15) is 18.8 Å². The number of imidazole rings is 1. The first-order valence-corrected chi connectivity index (χ1v) is 7.29. The normalized spacial score (nSPS) is 17.9. The van der Waals surface area contributed by atoms with E-state index in [0.29, 0.717) is 5.75 Å². The summed E-state index contributed by atoms with van der Waals surface area (Å²) in [5.41, 5.74) is 1.88. The summed E-state index contributed by atoms with van der Waals surface area (Å²) in [7, 11) is 3.28. The molecule has 6 nitrogen and oxygen atoms in total. The van der Waals surface area contributed by atoms with E-state index < -0.39 is 0 Å². The van der Waals surface area contributed by atoms with Gasteiger partial charge in [-0.3, -0.25) is 4.90 Å². The molecule has 2 N–H and O–H groups in total. The molecular formula is C15H22N4O2. The van der Waals surface area contributed by atoms with Crippen molar-refractivity contribution in [2.75, 3.05) is 40.4 Å². The number of ether oxygens (including phenoxy) is 2. The molecule has 1 atom stereocenters. The number of piperazine rings is 1. The van der Waals surface area contributed by atoms with E-state index in [0.717, 1.165) is 48.8 Å². The number of methoxy groups -OCH3 is 2. The summed E-state index contributed by atoms with van der Waals surface area (Å²) < 4.78 is 10.7. The van der Waals surface area contributed by atoms with Crippen molar-refractivity contribution in [3.05, 3.63) is 18.0 Å². The molecule has 1 aliphatic rings. The van der Waals surface area contributed by atoms with Gasteiger partial charge in [-0.25, -0.2) is 4.98 Å². The Morgan fingerprint density at radius 2 is 1.81 bits per heavy atom. The van der Waals surface area contributed by atoms with Crippen LogP contribution in [0.4, 0.5) is 0 Å². The molecule has 0 radical (unpaired) electrons. The monoisotopic (exact) mass is 290 g/mol. The summed E-state index contributed by atoms with van der Waals surface area (Å²) >= 11 is 0. The van der Waals surface area contributed by atoms with E-state index in [1.807, 2.05) is 12.1 Å². The van der Waals surface area contributed by atoms with Crippen molar-refractivity contribution in [3.8, 4) is 11.5 Å². The quantitative estimate of drug-likeness (QED) is 0.894. The van der Waals surface area contributed by atoms with Crippen LogP contribution in [0.2, 0.25) is 0 Å². The lowest BCUT2D eigenvalue weighted by atomic mass is 10.2. The van der Waals surface area contributed by atoms with Gasteiger partial charge in [0.1, 0.15) is 5.82 Å². The summed E-state index contributed by atoms with van der Waals surface area (Å²) in [6, 6.07) is 4.13. The Balaban J connectivity index is 1.92. The van der Waals surface area contributed by atoms with Crippen LogP contribution in [0.15, 0.2) is 12.1 Å². The fraction of sp³-hybridized carbons (Fsp3) is 0.533. The first kappa shape index (κ1) is 14.2. The molecule has 1 unspecified atom stereocenters. The number of aromatic nitrogens is 2. The average Bonchev–Trinajstić information content (AvgIpc) is 2.96. The summed E-state index contributed by atoms with van der Waals surface area (Å²) in [5.74, 6) is 2.41. The second kappa shape index (κ2) is 5.91. The molecule has 0 amide bonds. The highest BCUT2D eigenvalue weighted by Gasteiger charge is 2.21. The minimum absolute atomic E-state index is 0.275. The Morgan fingerprint density at radius 3 is 2.48 bits per heavy atom. The van der Waals surface area contributed by atoms with Crippen molar-refractivity contribution in [1.29, 1.82) is 0 Å². The van der Waals surface area contributed by atoms with Crippen molar-refractivity contribution in [2.24, 2.45) is 0 Å². The topological polar surface area (TPSA) is 62.4 Å². The molecule has 0 bridgehead atoms. The molecular weight excluding hydrogens is 268 g/mol. The second-order valence-electron chi connectivity index (χ2n) is 5.31. The average molecular weight is 290 g/mol. The molecule has 1 aromatic heterocycles. The van der Waals surface area contributed by atoms with E-state index >= 15 is 0 Å². The summed E-state index contributed by atoms with van der Waals surface area (Å²) in [6.45, 7) is 6.35. The van der Waals surface area contributed by atoms with E-state index in [-0.39, 0.29) is 6.04 Å². The highest BCUT2D eigenvalue weighted by molar-refractivity contribution is 5.79. The molecule has 2 heterocycles. The van der Waals surface area contributed by atoms with Crippen LogP contribution in [0, 0.1) is 0 Å². The lowest BCUT2D eigenvalue weighted by molar-refractivity contribution is 0.180. The largest absolute Gasteiger partial charge is 0.493 e. The SMILES string of the molecule is COc1cc2nc(C(C)N3CCNCC3)[nH]c2cc1OC.